The topological polar surface area (TPSA) is 81.4 Å². The summed E-state index contributed by atoms with van der Waals surface area (Å²) < 4.78 is 17.9. The average Bonchev–Trinajstić information content (AvgIpc) is 2.48. The molecule has 0 saturated carbocycles. The third kappa shape index (κ3) is 5.04. The minimum atomic E-state index is -1.51. The van der Waals surface area contributed by atoms with Gasteiger partial charge in [0, 0.05) is 12.2 Å². The van der Waals surface area contributed by atoms with Gasteiger partial charge in [-0.25, -0.2) is 0 Å². The number of amides is 1. The Morgan fingerprint density at radius 2 is 2.14 bits per heavy atom. The van der Waals surface area contributed by atoms with Gasteiger partial charge in [0.25, 0.3) is 0 Å². The zero-order valence-corrected chi connectivity index (χ0v) is 13.7. The first-order valence-electron chi connectivity index (χ1n) is 7.21. The number of carbonyl (C=O) groups excluding carboxylic acids is 1. The Morgan fingerprint density at radius 1 is 1.43 bits per heavy atom. The summed E-state index contributed by atoms with van der Waals surface area (Å²) in [5.41, 5.74) is 6.27. The van der Waals surface area contributed by atoms with Gasteiger partial charge in [0.2, 0.25) is 5.91 Å². The van der Waals surface area contributed by atoms with Crippen LogP contribution in [0, 0.1) is 0 Å². The number of rotatable bonds is 8. The number of nitrogens with one attached hydrogen (secondary N) is 1. The van der Waals surface area contributed by atoms with E-state index in [1.54, 1.807) is 25.1 Å². The SMILES string of the molecule is CCCCNC(=O)C(C)S(=O)c1cc(OCC)ccc1N. The molecule has 0 aliphatic rings. The van der Waals surface area contributed by atoms with Crippen molar-refractivity contribution in [3.05, 3.63) is 18.2 Å². The predicted molar refractivity (Wildman–Crippen MR) is 85.8 cm³/mol. The lowest BCUT2D eigenvalue weighted by molar-refractivity contribution is -0.120. The van der Waals surface area contributed by atoms with Crippen LogP contribution < -0.4 is 15.8 Å². The van der Waals surface area contributed by atoms with E-state index >= 15 is 0 Å². The van der Waals surface area contributed by atoms with Gasteiger partial charge in [-0.05, 0) is 38.5 Å². The van der Waals surface area contributed by atoms with Crippen molar-refractivity contribution in [3.8, 4) is 5.75 Å². The van der Waals surface area contributed by atoms with Gasteiger partial charge in [-0.1, -0.05) is 13.3 Å². The molecule has 1 aromatic carbocycles. The molecule has 0 saturated heterocycles. The minimum absolute atomic E-state index is 0.219. The third-order valence-corrected chi connectivity index (χ3v) is 4.68. The van der Waals surface area contributed by atoms with Gasteiger partial charge in [0.05, 0.1) is 22.3 Å². The van der Waals surface area contributed by atoms with E-state index in [4.69, 9.17) is 10.5 Å². The second kappa shape index (κ2) is 8.67. The number of benzene rings is 1. The number of hydrogen-bond donors (Lipinski definition) is 2. The van der Waals surface area contributed by atoms with E-state index in [0.717, 1.165) is 12.8 Å². The molecule has 0 aromatic heterocycles. The van der Waals surface area contributed by atoms with E-state index in [9.17, 15) is 9.00 Å². The van der Waals surface area contributed by atoms with E-state index in [1.165, 1.54) is 0 Å². The van der Waals surface area contributed by atoms with Crippen LogP contribution in [-0.2, 0) is 15.6 Å². The van der Waals surface area contributed by atoms with Crippen molar-refractivity contribution in [1.29, 1.82) is 0 Å². The third-order valence-electron chi connectivity index (χ3n) is 3.03. The van der Waals surface area contributed by atoms with Crippen molar-refractivity contribution in [2.75, 3.05) is 18.9 Å². The summed E-state index contributed by atoms with van der Waals surface area (Å²) in [6.07, 6.45) is 1.91. The van der Waals surface area contributed by atoms with Crippen molar-refractivity contribution >= 4 is 22.4 Å². The van der Waals surface area contributed by atoms with Crippen LogP contribution in [0.2, 0.25) is 0 Å². The van der Waals surface area contributed by atoms with E-state index in [1.807, 2.05) is 13.8 Å². The molecule has 1 rings (SSSR count). The highest BCUT2D eigenvalue weighted by molar-refractivity contribution is 7.86. The zero-order valence-electron chi connectivity index (χ0n) is 12.8. The fraction of sp³-hybridized carbons (Fsp3) is 0.533. The largest absolute Gasteiger partial charge is 0.494 e. The lowest BCUT2D eigenvalue weighted by Gasteiger charge is -2.14. The highest BCUT2D eigenvalue weighted by atomic mass is 32.2. The zero-order chi connectivity index (χ0) is 15.8. The van der Waals surface area contributed by atoms with Gasteiger partial charge in [-0.15, -0.1) is 0 Å². The molecule has 0 heterocycles. The Balaban J connectivity index is 2.81. The molecule has 6 heteroatoms. The molecule has 3 N–H and O–H groups in total. The standard InChI is InChI=1S/C15H24N2O3S/c1-4-6-9-17-15(18)11(3)21(19)14-10-12(20-5-2)7-8-13(14)16/h7-8,10-11H,4-6,9,16H2,1-3H3,(H,17,18). The molecule has 21 heavy (non-hydrogen) atoms. The summed E-state index contributed by atoms with van der Waals surface area (Å²) >= 11 is 0. The van der Waals surface area contributed by atoms with Gasteiger partial charge < -0.3 is 15.8 Å². The normalized spacial score (nSPS) is 13.5. The van der Waals surface area contributed by atoms with Crippen LogP contribution in [0.5, 0.6) is 5.75 Å². The van der Waals surface area contributed by atoms with Crippen LogP contribution in [-0.4, -0.2) is 28.5 Å². The van der Waals surface area contributed by atoms with Gasteiger partial charge >= 0.3 is 0 Å². The summed E-state index contributed by atoms with van der Waals surface area (Å²) in [5.74, 6) is 0.386. The monoisotopic (exact) mass is 312 g/mol. The maximum absolute atomic E-state index is 12.5. The molecule has 0 aliphatic heterocycles. The molecular formula is C15H24N2O3S. The van der Waals surface area contributed by atoms with Gasteiger partial charge in [0.15, 0.2) is 0 Å². The van der Waals surface area contributed by atoms with Gasteiger partial charge in [0.1, 0.15) is 11.0 Å². The number of ether oxygens (including phenoxy) is 1. The van der Waals surface area contributed by atoms with Crippen LogP contribution in [0.1, 0.15) is 33.6 Å². The van der Waals surface area contributed by atoms with E-state index in [0.29, 0.717) is 29.5 Å². The smallest absolute Gasteiger partial charge is 0.235 e. The Morgan fingerprint density at radius 3 is 2.76 bits per heavy atom. The quantitative estimate of drug-likeness (QED) is 0.569. The van der Waals surface area contributed by atoms with Gasteiger partial charge in [-0.2, -0.15) is 0 Å². The average molecular weight is 312 g/mol. The Kier molecular flexibility index (Phi) is 7.22. The van der Waals surface area contributed by atoms with Crippen molar-refractivity contribution in [1.82, 2.24) is 5.32 Å². The summed E-state index contributed by atoms with van der Waals surface area (Å²) in [6, 6.07) is 5.02. The first-order chi connectivity index (χ1) is 10.0. The molecular weight excluding hydrogens is 288 g/mol. The Labute approximate surface area is 128 Å². The van der Waals surface area contributed by atoms with Crippen LogP contribution in [0.15, 0.2) is 23.1 Å². The number of hydrogen-bond acceptors (Lipinski definition) is 4. The number of nitrogens with two attached hydrogens (primary N) is 1. The number of anilines is 1. The van der Waals surface area contributed by atoms with Crippen molar-refractivity contribution in [3.63, 3.8) is 0 Å². The fourth-order valence-electron chi connectivity index (χ4n) is 1.77. The molecule has 0 spiro atoms. The Bertz CT molecular complexity index is 506. The number of nitrogen functional groups attached to an aromatic ring is 1. The van der Waals surface area contributed by atoms with Crippen molar-refractivity contribution in [2.24, 2.45) is 0 Å². The van der Waals surface area contributed by atoms with Crippen molar-refractivity contribution < 1.29 is 13.7 Å². The summed E-state index contributed by atoms with van der Waals surface area (Å²) in [5, 5.41) is 2.14. The molecule has 0 radical (unpaired) electrons. The summed E-state index contributed by atoms with van der Waals surface area (Å²) in [6.45, 7) is 6.68. The van der Waals surface area contributed by atoms with E-state index < -0.39 is 16.0 Å². The lowest BCUT2D eigenvalue weighted by atomic mass is 10.3. The molecule has 118 valence electrons. The Hall–Kier alpha value is -1.56. The first kappa shape index (κ1) is 17.5. The summed E-state index contributed by atoms with van der Waals surface area (Å²) in [7, 11) is -1.51. The van der Waals surface area contributed by atoms with Crippen LogP contribution in [0.25, 0.3) is 0 Å². The fourth-order valence-corrected chi connectivity index (χ4v) is 2.96. The van der Waals surface area contributed by atoms with Crippen LogP contribution >= 0.6 is 0 Å². The predicted octanol–water partition coefficient (Wildman–Crippen LogP) is 2.08. The summed E-state index contributed by atoms with van der Waals surface area (Å²) in [4.78, 5) is 12.4. The molecule has 5 nitrogen and oxygen atoms in total. The van der Waals surface area contributed by atoms with Crippen LogP contribution in [0.4, 0.5) is 5.69 Å². The molecule has 2 atom stereocenters. The number of carbonyl (C=O) groups is 1. The molecule has 1 aromatic rings. The van der Waals surface area contributed by atoms with E-state index in [-0.39, 0.29) is 5.91 Å². The molecule has 0 aliphatic carbocycles. The maximum Gasteiger partial charge on any atom is 0.235 e. The highest BCUT2D eigenvalue weighted by Crippen LogP contribution is 2.25. The van der Waals surface area contributed by atoms with E-state index in [2.05, 4.69) is 5.32 Å². The first-order valence-corrected chi connectivity index (χ1v) is 8.43. The minimum Gasteiger partial charge on any atom is -0.494 e. The molecule has 0 bridgehead atoms. The molecule has 2 unspecified atom stereocenters. The second-order valence-corrected chi connectivity index (χ2v) is 6.46. The second-order valence-electron chi connectivity index (χ2n) is 4.72. The maximum atomic E-state index is 12.5. The van der Waals surface area contributed by atoms with Crippen LogP contribution in [0.3, 0.4) is 0 Å². The highest BCUT2D eigenvalue weighted by Gasteiger charge is 2.23. The lowest BCUT2D eigenvalue weighted by Crippen LogP contribution is -2.36. The molecule has 0 fully saturated rings. The molecule has 1 amide bonds. The number of unbranched alkanes of at least 4 members (excludes halogenated alkanes) is 1. The van der Waals surface area contributed by atoms with Crippen molar-refractivity contribution in [2.45, 2.75) is 43.8 Å². The van der Waals surface area contributed by atoms with Gasteiger partial charge in [-0.3, -0.25) is 9.00 Å².